The van der Waals surface area contributed by atoms with Gasteiger partial charge in [-0.05, 0) is 62.0 Å². The summed E-state index contributed by atoms with van der Waals surface area (Å²) in [7, 11) is 6.97. The number of fused-ring (bicyclic) bond motifs is 1. The average molecular weight is 446 g/mol. The van der Waals surface area contributed by atoms with E-state index in [0.29, 0.717) is 30.3 Å². The predicted molar refractivity (Wildman–Crippen MR) is 121 cm³/mol. The third-order valence-electron chi connectivity index (χ3n) is 5.40. The molecule has 0 bridgehead atoms. The summed E-state index contributed by atoms with van der Waals surface area (Å²) in [5, 5.41) is 3.05. The zero-order chi connectivity index (χ0) is 22.5. The predicted octanol–water partition coefficient (Wildman–Crippen LogP) is 3.31. The quantitative estimate of drug-likeness (QED) is 0.738. The SMILES string of the molecule is CNC(=O)O[C@@H]1C(=O)N(CCN(C)C)c2ccc(Cl)cc2C[C@@H]1c1ccc(OC)cc1. The number of carbonyl (C=O) groups is 2. The van der Waals surface area contributed by atoms with Crippen molar-refractivity contribution in [3.63, 3.8) is 0 Å². The van der Waals surface area contributed by atoms with E-state index in [9.17, 15) is 9.59 Å². The number of methoxy groups -OCH3 is 1. The lowest BCUT2D eigenvalue weighted by molar-refractivity contribution is -0.127. The lowest BCUT2D eigenvalue weighted by Gasteiger charge is -2.29. The van der Waals surface area contributed by atoms with Gasteiger partial charge in [0.15, 0.2) is 6.10 Å². The maximum Gasteiger partial charge on any atom is 0.407 e. The average Bonchev–Trinajstić information content (AvgIpc) is 2.86. The number of rotatable bonds is 6. The molecule has 0 fully saturated rings. The summed E-state index contributed by atoms with van der Waals surface area (Å²) in [5.74, 6) is 0.0770. The van der Waals surface area contributed by atoms with Gasteiger partial charge in [-0.2, -0.15) is 0 Å². The van der Waals surface area contributed by atoms with Crippen LogP contribution in [0.5, 0.6) is 5.75 Å². The Balaban J connectivity index is 2.09. The van der Waals surface area contributed by atoms with Gasteiger partial charge < -0.3 is 24.6 Å². The lowest BCUT2D eigenvalue weighted by atomic mass is 9.87. The van der Waals surface area contributed by atoms with E-state index in [0.717, 1.165) is 16.8 Å². The fourth-order valence-corrected chi connectivity index (χ4v) is 3.95. The highest BCUT2D eigenvalue weighted by molar-refractivity contribution is 6.30. The molecule has 0 saturated heterocycles. The number of amides is 2. The first-order valence-electron chi connectivity index (χ1n) is 10.1. The summed E-state index contributed by atoms with van der Waals surface area (Å²) in [6, 6.07) is 13.0. The van der Waals surface area contributed by atoms with Crippen LogP contribution in [-0.4, -0.2) is 64.3 Å². The van der Waals surface area contributed by atoms with Crippen LogP contribution >= 0.6 is 11.6 Å². The van der Waals surface area contributed by atoms with Crippen molar-refractivity contribution in [2.45, 2.75) is 18.4 Å². The molecule has 0 unspecified atom stereocenters. The largest absolute Gasteiger partial charge is 0.497 e. The Bertz CT molecular complexity index is 933. The number of ether oxygens (including phenoxy) is 2. The molecule has 3 rings (SSSR count). The molecule has 0 saturated carbocycles. The molecule has 2 amide bonds. The van der Waals surface area contributed by atoms with Crippen LogP contribution in [0.1, 0.15) is 17.0 Å². The number of anilines is 1. The van der Waals surface area contributed by atoms with Gasteiger partial charge in [0.05, 0.1) is 7.11 Å². The van der Waals surface area contributed by atoms with Crippen molar-refractivity contribution in [1.29, 1.82) is 0 Å². The fourth-order valence-electron chi connectivity index (χ4n) is 3.75. The first kappa shape index (κ1) is 22.9. The smallest absolute Gasteiger partial charge is 0.407 e. The molecule has 0 aromatic heterocycles. The molecule has 31 heavy (non-hydrogen) atoms. The van der Waals surface area contributed by atoms with Crippen molar-refractivity contribution in [1.82, 2.24) is 10.2 Å². The Hall–Kier alpha value is -2.77. The van der Waals surface area contributed by atoms with E-state index in [4.69, 9.17) is 21.1 Å². The van der Waals surface area contributed by atoms with Gasteiger partial charge in [-0.15, -0.1) is 0 Å². The fraction of sp³-hybridized carbons (Fsp3) is 0.391. The van der Waals surface area contributed by atoms with Crippen LogP contribution in [0.25, 0.3) is 0 Å². The van der Waals surface area contributed by atoms with Crippen LogP contribution in [-0.2, 0) is 16.0 Å². The summed E-state index contributed by atoms with van der Waals surface area (Å²) >= 11 is 6.29. The highest BCUT2D eigenvalue weighted by atomic mass is 35.5. The van der Waals surface area contributed by atoms with Crippen LogP contribution in [0.3, 0.4) is 0 Å². The van der Waals surface area contributed by atoms with Crippen molar-refractivity contribution < 1.29 is 19.1 Å². The van der Waals surface area contributed by atoms with E-state index in [1.165, 1.54) is 7.05 Å². The van der Waals surface area contributed by atoms with E-state index in [1.807, 2.05) is 55.4 Å². The zero-order valence-corrected chi connectivity index (χ0v) is 19.0. The minimum Gasteiger partial charge on any atom is -0.497 e. The standard InChI is InChI=1S/C23H28ClN3O4/c1-25-23(29)31-21-19(15-5-8-18(30-4)9-6-15)14-16-13-17(24)7-10-20(16)27(22(21)28)12-11-26(2)3/h5-10,13,19,21H,11-12,14H2,1-4H3,(H,25,29)/t19-,21+/m1/s1. The Kier molecular flexibility index (Phi) is 7.41. The Morgan fingerprint density at radius 2 is 1.94 bits per heavy atom. The van der Waals surface area contributed by atoms with E-state index >= 15 is 0 Å². The Morgan fingerprint density at radius 1 is 1.23 bits per heavy atom. The second-order valence-corrected chi connectivity index (χ2v) is 8.16. The summed E-state index contributed by atoms with van der Waals surface area (Å²) < 4.78 is 10.9. The number of alkyl carbamates (subject to hydrolysis) is 1. The van der Waals surface area contributed by atoms with Gasteiger partial charge in [-0.3, -0.25) is 4.79 Å². The monoisotopic (exact) mass is 445 g/mol. The van der Waals surface area contributed by atoms with Gasteiger partial charge in [0.1, 0.15) is 5.75 Å². The maximum atomic E-state index is 13.7. The first-order chi connectivity index (χ1) is 14.8. The molecular formula is C23H28ClN3O4. The number of benzene rings is 2. The van der Waals surface area contributed by atoms with Gasteiger partial charge in [0.25, 0.3) is 5.91 Å². The molecule has 8 heteroatoms. The van der Waals surface area contributed by atoms with E-state index in [1.54, 1.807) is 18.1 Å². The second kappa shape index (κ2) is 10.0. The maximum absolute atomic E-state index is 13.7. The molecular weight excluding hydrogens is 418 g/mol. The molecule has 2 aromatic rings. The molecule has 0 spiro atoms. The molecule has 2 atom stereocenters. The Labute approximate surface area is 187 Å². The number of likely N-dealkylation sites (N-methyl/N-ethyl adjacent to an activating group) is 1. The summed E-state index contributed by atoms with van der Waals surface area (Å²) in [4.78, 5) is 29.6. The number of halogens is 1. The van der Waals surface area contributed by atoms with Gasteiger partial charge in [-0.1, -0.05) is 23.7 Å². The highest BCUT2D eigenvalue weighted by Gasteiger charge is 2.40. The molecule has 0 radical (unpaired) electrons. The zero-order valence-electron chi connectivity index (χ0n) is 18.2. The highest BCUT2D eigenvalue weighted by Crippen LogP contribution is 2.38. The first-order valence-corrected chi connectivity index (χ1v) is 10.5. The minimum atomic E-state index is -0.985. The van der Waals surface area contributed by atoms with E-state index < -0.39 is 12.2 Å². The van der Waals surface area contributed by atoms with Crippen molar-refractivity contribution in [2.75, 3.05) is 46.2 Å². The summed E-state index contributed by atoms with van der Waals surface area (Å²) in [5.41, 5.74) is 2.60. The van der Waals surface area contributed by atoms with Crippen LogP contribution in [0, 0.1) is 0 Å². The van der Waals surface area contributed by atoms with Crippen LogP contribution in [0.15, 0.2) is 42.5 Å². The van der Waals surface area contributed by atoms with E-state index in [2.05, 4.69) is 5.32 Å². The number of nitrogens with one attached hydrogen (secondary N) is 1. The van der Waals surface area contributed by atoms with Gasteiger partial charge in [-0.25, -0.2) is 4.79 Å². The molecule has 0 aliphatic carbocycles. The third kappa shape index (κ3) is 5.29. The van der Waals surface area contributed by atoms with Gasteiger partial charge >= 0.3 is 6.09 Å². The molecule has 2 aromatic carbocycles. The van der Waals surface area contributed by atoms with Crippen LogP contribution < -0.4 is 15.0 Å². The normalized spacial score (nSPS) is 18.4. The van der Waals surface area contributed by atoms with Crippen molar-refractivity contribution >= 4 is 29.3 Å². The van der Waals surface area contributed by atoms with Gasteiger partial charge in [0, 0.05) is 36.8 Å². The Morgan fingerprint density at radius 3 is 2.55 bits per heavy atom. The topological polar surface area (TPSA) is 71.1 Å². The van der Waals surface area contributed by atoms with E-state index in [-0.39, 0.29) is 11.8 Å². The van der Waals surface area contributed by atoms with Crippen molar-refractivity contribution in [2.24, 2.45) is 0 Å². The number of hydrogen-bond donors (Lipinski definition) is 1. The summed E-state index contributed by atoms with van der Waals surface area (Å²) in [6.45, 7) is 1.12. The number of carbonyl (C=O) groups excluding carboxylic acids is 2. The number of nitrogens with zero attached hydrogens (tertiary/aromatic N) is 2. The molecule has 166 valence electrons. The minimum absolute atomic E-state index is 0.257. The molecule has 1 aliphatic rings. The molecule has 1 heterocycles. The van der Waals surface area contributed by atoms with Crippen LogP contribution in [0.2, 0.25) is 5.02 Å². The van der Waals surface area contributed by atoms with Crippen LogP contribution in [0.4, 0.5) is 10.5 Å². The molecule has 7 nitrogen and oxygen atoms in total. The molecule has 1 N–H and O–H groups in total. The summed E-state index contributed by atoms with van der Waals surface area (Å²) in [6.07, 6.45) is -1.14. The van der Waals surface area contributed by atoms with Crippen molar-refractivity contribution in [3.05, 3.63) is 58.6 Å². The second-order valence-electron chi connectivity index (χ2n) is 7.73. The number of hydrogen-bond acceptors (Lipinski definition) is 5. The third-order valence-corrected chi connectivity index (χ3v) is 5.64. The molecule has 1 aliphatic heterocycles. The van der Waals surface area contributed by atoms with Gasteiger partial charge in [0.2, 0.25) is 0 Å². The van der Waals surface area contributed by atoms with Crippen molar-refractivity contribution in [3.8, 4) is 5.75 Å². The lowest BCUT2D eigenvalue weighted by Crippen LogP contribution is -2.46.